The fourth-order valence-corrected chi connectivity index (χ4v) is 2.74. The van der Waals surface area contributed by atoms with E-state index in [0.717, 1.165) is 11.1 Å². The molecule has 1 N–H and O–H groups in total. The summed E-state index contributed by atoms with van der Waals surface area (Å²) in [4.78, 5) is 12.3. The Morgan fingerprint density at radius 3 is 2.57 bits per heavy atom. The Morgan fingerprint density at radius 2 is 1.82 bits per heavy atom. The van der Waals surface area contributed by atoms with E-state index in [9.17, 15) is 4.79 Å². The molecule has 2 aromatic carbocycles. The number of carbonyl (C=O) groups is 1. The predicted octanol–water partition coefficient (Wildman–Crippen LogP) is 3.34. The van der Waals surface area contributed by atoms with E-state index < -0.39 is 0 Å². The summed E-state index contributed by atoms with van der Waals surface area (Å²) >= 11 is 0. The van der Waals surface area contributed by atoms with Crippen molar-refractivity contribution in [2.45, 2.75) is 6.42 Å². The van der Waals surface area contributed by atoms with E-state index in [1.165, 1.54) is 0 Å². The summed E-state index contributed by atoms with van der Waals surface area (Å²) in [5.74, 6) is 2.24. The number of benzene rings is 2. The molecule has 0 fully saturated rings. The molecule has 1 amide bonds. The van der Waals surface area contributed by atoms with Gasteiger partial charge in [-0.3, -0.25) is 4.79 Å². The van der Waals surface area contributed by atoms with Crippen molar-refractivity contribution in [2.75, 3.05) is 27.9 Å². The van der Waals surface area contributed by atoms with E-state index in [-0.39, 0.29) is 11.6 Å². The van der Waals surface area contributed by atoms with Gasteiger partial charge < -0.3 is 24.1 Å². The molecule has 7 nitrogen and oxygen atoms in total. The number of rotatable bonds is 8. The Hall–Kier alpha value is -3.48. The average molecular weight is 382 g/mol. The molecule has 1 aromatic heterocycles. The molecule has 146 valence electrons. The third kappa shape index (κ3) is 4.43. The van der Waals surface area contributed by atoms with Crippen LogP contribution in [0.5, 0.6) is 17.2 Å². The highest BCUT2D eigenvalue weighted by Crippen LogP contribution is 2.27. The maximum atomic E-state index is 12.3. The van der Waals surface area contributed by atoms with Crippen LogP contribution >= 0.6 is 0 Å². The Bertz CT molecular complexity index is 951. The molecule has 0 bridgehead atoms. The van der Waals surface area contributed by atoms with Crippen LogP contribution in [-0.4, -0.2) is 38.9 Å². The second-order valence-electron chi connectivity index (χ2n) is 6.00. The number of amides is 1. The zero-order valence-electron chi connectivity index (χ0n) is 16.0. The highest BCUT2D eigenvalue weighted by atomic mass is 16.5. The molecule has 0 spiro atoms. The number of aromatic nitrogens is 1. The molecule has 0 unspecified atom stereocenters. The van der Waals surface area contributed by atoms with Gasteiger partial charge in [0.15, 0.2) is 23.0 Å². The summed E-state index contributed by atoms with van der Waals surface area (Å²) in [5, 5.41) is 6.70. The molecule has 0 aliphatic heterocycles. The number of nitrogens with one attached hydrogen (secondary N) is 1. The lowest BCUT2D eigenvalue weighted by Gasteiger charge is -2.09. The van der Waals surface area contributed by atoms with Gasteiger partial charge in [-0.2, -0.15) is 0 Å². The summed E-state index contributed by atoms with van der Waals surface area (Å²) in [6.45, 7) is 0.454. The first-order valence-electron chi connectivity index (χ1n) is 8.75. The van der Waals surface area contributed by atoms with Gasteiger partial charge in [0, 0.05) is 18.2 Å². The first kappa shape index (κ1) is 19.3. The number of nitrogens with zero attached hydrogens (tertiary/aromatic N) is 1. The number of hydrogen-bond donors (Lipinski definition) is 1. The van der Waals surface area contributed by atoms with Crippen LogP contribution in [-0.2, 0) is 6.42 Å². The Labute approximate surface area is 163 Å². The molecule has 3 rings (SSSR count). The summed E-state index contributed by atoms with van der Waals surface area (Å²) in [6, 6.07) is 14.6. The normalized spacial score (nSPS) is 10.4. The largest absolute Gasteiger partial charge is 0.497 e. The summed E-state index contributed by atoms with van der Waals surface area (Å²) in [7, 11) is 4.78. The lowest BCUT2D eigenvalue weighted by Crippen LogP contribution is -2.25. The number of hydrogen-bond acceptors (Lipinski definition) is 6. The average Bonchev–Trinajstić information content (AvgIpc) is 3.24. The van der Waals surface area contributed by atoms with Gasteiger partial charge in [-0.1, -0.05) is 23.4 Å². The van der Waals surface area contributed by atoms with Crippen molar-refractivity contribution in [3.8, 4) is 28.6 Å². The first-order valence-corrected chi connectivity index (χ1v) is 8.75. The van der Waals surface area contributed by atoms with Gasteiger partial charge in [0.25, 0.3) is 5.91 Å². The van der Waals surface area contributed by atoms with Gasteiger partial charge in [-0.25, -0.2) is 0 Å². The van der Waals surface area contributed by atoms with Crippen molar-refractivity contribution in [1.82, 2.24) is 10.5 Å². The summed E-state index contributed by atoms with van der Waals surface area (Å²) < 4.78 is 21.0. The maximum Gasteiger partial charge on any atom is 0.273 e. The number of carbonyl (C=O) groups excluding carboxylic acids is 1. The van der Waals surface area contributed by atoms with E-state index in [1.54, 1.807) is 27.4 Å². The van der Waals surface area contributed by atoms with Crippen molar-refractivity contribution in [2.24, 2.45) is 0 Å². The molecule has 0 aliphatic rings. The minimum atomic E-state index is -0.293. The SMILES string of the molecule is COc1cccc(-c2cc(C(=O)NCCc3ccc(OC)c(OC)c3)no2)c1. The van der Waals surface area contributed by atoms with Crippen LogP contribution in [0.3, 0.4) is 0 Å². The molecule has 0 atom stereocenters. The van der Waals surface area contributed by atoms with Gasteiger partial charge >= 0.3 is 0 Å². The smallest absolute Gasteiger partial charge is 0.273 e. The van der Waals surface area contributed by atoms with Crippen LogP contribution in [0.4, 0.5) is 0 Å². The molecule has 28 heavy (non-hydrogen) atoms. The topological polar surface area (TPSA) is 82.8 Å². The standard InChI is InChI=1S/C21H22N2O5/c1-25-16-6-4-5-15(12-16)19-13-17(23-28-19)21(24)22-10-9-14-7-8-18(26-2)20(11-14)27-3/h4-8,11-13H,9-10H2,1-3H3,(H,22,24). The van der Waals surface area contributed by atoms with Crippen molar-refractivity contribution < 1.29 is 23.5 Å². The van der Waals surface area contributed by atoms with Crippen LogP contribution in [0.1, 0.15) is 16.1 Å². The van der Waals surface area contributed by atoms with Gasteiger partial charge in [-0.05, 0) is 36.2 Å². The second-order valence-corrected chi connectivity index (χ2v) is 6.00. The second kappa shape index (κ2) is 8.94. The van der Waals surface area contributed by atoms with Crippen LogP contribution in [0.2, 0.25) is 0 Å². The van der Waals surface area contributed by atoms with Crippen molar-refractivity contribution in [3.05, 3.63) is 59.8 Å². The third-order valence-corrected chi connectivity index (χ3v) is 4.24. The van der Waals surface area contributed by atoms with Crippen molar-refractivity contribution >= 4 is 5.91 Å². The third-order valence-electron chi connectivity index (χ3n) is 4.24. The Kier molecular flexibility index (Phi) is 6.16. The highest BCUT2D eigenvalue weighted by Gasteiger charge is 2.14. The molecule has 7 heteroatoms. The Balaban J connectivity index is 1.59. The van der Waals surface area contributed by atoms with Gasteiger partial charge in [0.1, 0.15) is 5.75 Å². The quantitative estimate of drug-likeness (QED) is 0.643. The first-order chi connectivity index (χ1) is 13.6. The molecular formula is C21H22N2O5. The van der Waals surface area contributed by atoms with E-state index in [2.05, 4.69) is 10.5 Å². The van der Waals surface area contributed by atoms with Crippen LogP contribution in [0, 0.1) is 0 Å². The van der Waals surface area contributed by atoms with Gasteiger partial charge in [-0.15, -0.1) is 0 Å². The lowest BCUT2D eigenvalue weighted by molar-refractivity contribution is 0.0945. The number of ether oxygens (including phenoxy) is 3. The highest BCUT2D eigenvalue weighted by molar-refractivity contribution is 5.93. The molecule has 1 heterocycles. The minimum Gasteiger partial charge on any atom is -0.497 e. The lowest BCUT2D eigenvalue weighted by atomic mass is 10.1. The molecule has 0 saturated heterocycles. The van der Waals surface area contributed by atoms with E-state index in [1.807, 2.05) is 42.5 Å². The van der Waals surface area contributed by atoms with Crippen molar-refractivity contribution in [3.63, 3.8) is 0 Å². The summed E-state index contributed by atoms with van der Waals surface area (Å²) in [5.41, 5.74) is 2.04. The molecule has 3 aromatic rings. The molecule has 0 saturated carbocycles. The van der Waals surface area contributed by atoms with E-state index in [4.69, 9.17) is 18.7 Å². The predicted molar refractivity (Wildman–Crippen MR) is 104 cm³/mol. The summed E-state index contributed by atoms with van der Waals surface area (Å²) in [6.07, 6.45) is 0.646. The van der Waals surface area contributed by atoms with Gasteiger partial charge in [0.2, 0.25) is 0 Å². The zero-order valence-corrected chi connectivity index (χ0v) is 16.0. The van der Waals surface area contributed by atoms with E-state index >= 15 is 0 Å². The van der Waals surface area contributed by atoms with E-state index in [0.29, 0.717) is 36.0 Å². The van der Waals surface area contributed by atoms with Crippen molar-refractivity contribution in [1.29, 1.82) is 0 Å². The monoisotopic (exact) mass is 382 g/mol. The fourth-order valence-electron chi connectivity index (χ4n) is 2.74. The maximum absolute atomic E-state index is 12.3. The number of methoxy groups -OCH3 is 3. The van der Waals surface area contributed by atoms with Gasteiger partial charge in [0.05, 0.1) is 21.3 Å². The fraction of sp³-hybridized carbons (Fsp3) is 0.238. The molecule has 0 radical (unpaired) electrons. The van der Waals surface area contributed by atoms with Crippen LogP contribution < -0.4 is 19.5 Å². The molecule has 0 aliphatic carbocycles. The minimum absolute atomic E-state index is 0.227. The van der Waals surface area contributed by atoms with Crippen LogP contribution in [0.25, 0.3) is 11.3 Å². The zero-order chi connectivity index (χ0) is 19.9. The van der Waals surface area contributed by atoms with Crippen LogP contribution in [0.15, 0.2) is 53.1 Å². The molecular weight excluding hydrogens is 360 g/mol. The Morgan fingerprint density at radius 1 is 1.00 bits per heavy atom.